The predicted molar refractivity (Wildman–Crippen MR) is 60.9 cm³/mol. The van der Waals surface area contributed by atoms with Gasteiger partial charge in [0.05, 0.1) is 11.1 Å². The van der Waals surface area contributed by atoms with Crippen molar-refractivity contribution in [3.63, 3.8) is 0 Å². The Morgan fingerprint density at radius 3 is 1.80 bits per heavy atom. The summed E-state index contributed by atoms with van der Waals surface area (Å²) in [6, 6.07) is 1.66. The maximum absolute atomic E-state index is 12.6. The van der Waals surface area contributed by atoms with Crippen LogP contribution in [0.1, 0.15) is 29.5 Å². The molecule has 0 radical (unpaired) electrons. The third kappa shape index (κ3) is 4.13. The Labute approximate surface area is 112 Å². The molecular weight excluding hydrogens is 284 g/mol. The number of hydrogen-bond acceptors (Lipinski definition) is 1. The lowest BCUT2D eigenvalue weighted by Gasteiger charge is -2.14. The lowest BCUT2D eigenvalue weighted by atomic mass is 10.0. The summed E-state index contributed by atoms with van der Waals surface area (Å²) in [5, 5.41) is 2.89. The smallest absolute Gasteiger partial charge is 0.312 e. The number of benzene rings is 1. The standard InChI is InChI=1S/C13H13F6N/c14-12(15,16)10-3-9(7-20-6-8-1-2-8)4-11(5-10)13(17,18)19/h3-5,8,20H,1-2,6-7H2. The topological polar surface area (TPSA) is 12.0 Å². The molecule has 20 heavy (non-hydrogen) atoms. The molecule has 0 saturated heterocycles. The quantitative estimate of drug-likeness (QED) is 0.820. The van der Waals surface area contributed by atoms with Crippen molar-refractivity contribution < 1.29 is 26.3 Å². The van der Waals surface area contributed by atoms with Gasteiger partial charge in [0.1, 0.15) is 0 Å². The molecule has 1 aliphatic rings. The van der Waals surface area contributed by atoms with Crippen LogP contribution in [0.5, 0.6) is 0 Å². The van der Waals surface area contributed by atoms with E-state index >= 15 is 0 Å². The van der Waals surface area contributed by atoms with Gasteiger partial charge in [0.15, 0.2) is 0 Å². The van der Waals surface area contributed by atoms with Crippen LogP contribution in [0.2, 0.25) is 0 Å². The van der Waals surface area contributed by atoms with Crippen LogP contribution in [0.25, 0.3) is 0 Å². The lowest BCUT2D eigenvalue weighted by molar-refractivity contribution is -0.143. The molecule has 1 aromatic carbocycles. The number of alkyl halides is 6. The fourth-order valence-corrected chi connectivity index (χ4v) is 1.86. The van der Waals surface area contributed by atoms with Crippen molar-refractivity contribution >= 4 is 0 Å². The second-order valence-electron chi connectivity index (χ2n) is 4.99. The molecule has 2 rings (SSSR count). The van der Waals surface area contributed by atoms with Crippen molar-refractivity contribution in [1.82, 2.24) is 5.32 Å². The van der Waals surface area contributed by atoms with Crippen molar-refractivity contribution in [1.29, 1.82) is 0 Å². The predicted octanol–water partition coefficient (Wildman–Crippen LogP) is 4.22. The van der Waals surface area contributed by atoms with Crippen LogP contribution in [0, 0.1) is 5.92 Å². The van der Waals surface area contributed by atoms with Gasteiger partial charge in [0, 0.05) is 6.54 Å². The summed E-state index contributed by atoms with van der Waals surface area (Å²) >= 11 is 0. The Morgan fingerprint density at radius 1 is 0.900 bits per heavy atom. The first kappa shape index (κ1) is 15.2. The summed E-state index contributed by atoms with van der Waals surface area (Å²) in [6.07, 6.45) is -7.45. The van der Waals surface area contributed by atoms with Gasteiger partial charge in [0.2, 0.25) is 0 Å². The normalized spacial score (nSPS) is 16.5. The second-order valence-corrected chi connectivity index (χ2v) is 4.99. The maximum Gasteiger partial charge on any atom is 0.416 e. The van der Waals surface area contributed by atoms with Crippen LogP contribution < -0.4 is 5.32 Å². The average Bonchev–Trinajstić information content (AvgIpc) is 3.10. The zero-order valence-electron chi connectivity index (χ0n) is 10.4. The van der Waals surface area contributed by atoms with Gasteiger partial charge in [-0.3, -0.25) is 0 Å². The van der Waals surface area contributed by atoms with Crippen molar-refractivity contribution in [2.45, 2.75) is 31.7 Å². The molecule has 1 aromatic rings. The van der Waals surface area contributed by atoms with Crippen molar-refractivity contribution in [3.05, 3.63) is 34.9 Å². The first-order valence-corrected chi connectivity index (χ1v) is 6.15. The van der Waals surface area contributed by atoms with E-state index < -0.39 is 23.5 Å². The van der Waals surface area contributed by atoms with E-state index in [4.69, 9.17) is 0 Å². The molecule has 0 heterocycles. The van der Waals surface area contributed by atoms with Gasteiger partial charge >= 0.3 is 12.4 Å². The van der Waals surface area contributed by atoms with Gasteiger partial charge in [0.25, 0.3) is 0 Å². The summed E-state index contributed by atoms with van der Waals surface area (Å²) in [7, 11) is 0. The lowest BCUT2D eigenvalue weighted by Crippen LogP contribution is -2.18. The highest BCUT2D eigenvalue weighted by Gasteiger charge is 2.36. The molecule has 112 valence electrons. The average molecular weight is 297 g/mol. The summed E-state index contributed by atoms with van der Waals surface area (Å²) in [6.45, 7) is 0.626. The highest BCUT2D eigenvalue weighted by molar-refractivity contribution is 5.33. The number of nitrogens with one attached hydrogen (secondary N) is 1. The number of halogens is 6. The zero-order chi connectivity index (χ0) is 15.0. The first-order chi connectivity index (χ1) is 9.16. The largest absolute Gasteiger partial charge is 0.416 e. The monoisotopic (exact) mass is 297 g/mol. The van der Waals surface area contributed by atoms with Gasteiger partial charge in [-0.05, 0) is 49.1 Å². The SMILES string of the molecule is FC(F)(F)c1cc(CNCC2CC2)cc(C(F)(F)F)c1. The van der Waals surface area contributed by atoms with E-state index in [2.05, 4.69) is 5.32 Å². The summed E-state index contributed by atoms with van der Waals surface area (Å²) in [5.74, 6) is 0.503. The van der Waals surface area contributed by atoms with E-state index in [1.165, 1.54) is 0 Å². The van der Waals surface area contributed by atoms with Crippen LogP contribution in [-0.4, -0.2) is 6.54 Å². The highest BCUT2D eigenvalue weighted by Crippen LogP contribution is 2.36. The molecule has 0 aliphatic heterocycles. The molecule has 0 unspecified atom stereocenters. The van der Waals surface area contributed by atoms with E-state index in [9.17, 15) is 26.3 Å². The Balaban J connectivity index is 2.20. The van der Waals surface area contributed by atoms with E-state index in [0.717, 1.165) is 25.0 Å². The summed E-state index contributed by atoms with van der Waals surface area (Å²) in [5.41, 5.74) is -2.54. The molecule has 1 nitrogen and oxygen atoms in total. The Bertz CT molecular complexity index is 440. The number of rotatable bonds is 4. The van der Waals surface area contributed by atoms with E-state index in [1.54, 1.807) is 0 Å². The van der Waals surface area contributed by atoms with Crippen molar-refractivity contribution in [3.8, 4) is 0 Å². The molecule has 1 fully saturated rings. The van der Waals surface area contributed by atoms with Crippen LogP contribution in [0.3, 0.4) is 0 Å². The van der Waals surface area contributed by atoms with Gasteiger partial charge in [-0.25, -0.2) is 0 Å². The highest BCUT2D eigenvalue weighted by atomic mass is 19.4. The van der Waals surface area contributed by atoms with E-state index in [-0.39, 0.29) is 18.2 Å². The molecule has 7 heteroatoms. The summed E-state index contributed by atoms with van der Waals surface area (Å²) in [4.78, 5) is 0. The minimum absolute atomic E-state index is 0.00347. The van der Waals surface area contributed by atoms with Gasteiger partial charge in [-0.15, -0.1) is 0 Å². The van der Waals surface area contributed by atoms with Gasteiger partial charge in [-0.2, -0.15) is 26.3 Å². The van der Waals surface area contributed by atoms with Crippen molar-refractivity contribution in [2.24, 2.45) is 5.92 Å². The van der Waals surface area contributed by atoms with E-state index in [0.29, 0.717) is 12.5 Å². The van der Waals surface area contributed by atoms with Gasteiger partial charge < -0.3 is 5.32 Å². The first-order valence-electron chi connectivity index (χ1n) is 6.15. The fourth-order valence-electron chi connectivity index (χ4n) is 1.86. The van der Waals surface area contributed by atoms with Crippen LogP contribution >= 0.6 is 0 Å². The molecule has 0 atom stereocenters. The maximum atomic E-state index is 12.6. The summed E-state index contributed by atoms with van der Waals surface area (Å²) < 4.78 is 75.7. The third-order valence-corrected chi connectivity index (χ3v) is 3.11. The fraction of sp³-hybridized carbons (Fsp3) is 0.538. The Morgan fingerprint density at radius 2 is 1.40 bits per heavy atom. The van der Waals surface area contributed by atoms with Crippen LogP contribution in [0.15, 0.2) is 18.2 Å². The van der Waals surface area contributed by atoms with Crippen LogP contribution in [-0.2, 0) is 18.9 Å². The zero-order valence-corrected chi connectivity index (χ0v) is 10.4. The molecule has 1 aliphatic carbocycles. The van der Waals surface area contributed by atoms with Gasteiger partial charge in [-0.1, -0.05) is 0 Å². The molecule has 0 spiro atoms. The van der Waals surface area contributed by atoms with Crippen molar-refractivity contribution in [2.75, 3.05) is 6.54 Å². The van der Waals surface area contributed by atoms with E-state index in [1.807, 2.05) is 0 Å². The second kappa shape index (κ2) is 5.27. The molecule has 0 bridgehead atoms. The minimum Gasteiger partial charge on any atom is -0.312 e. The molecule has 0 aromatic heterocycles. The molecule has 1 N–H and O–H groups in total. The van der Waals surface area contributed by atoms with Crippen LogP contribution in [0.4, 0.5) is 26.3 Å². The molecule has 0 amide bonds. The Hall–Kier alpha value is -1.24. The third-order valence-electron chi connectivity index (χ3n) is 3.11. The molecular formula is C13H13F6N. The Kier molecular flexibility index (Phi) is 4.00. The number of hydrogen-bond donors (Lipinski definition) is 1. The molecule has 1 saturated carbocycles. The minimum atomic E-state index is -4.79.